The smallest absolute Gasteiger partial charge is 0.283 e. The van der Waals surface area contributed by atoms with Crippen molar-refractivity contribution < 1.29 is 14.4 Å². The molecular weight excluding hydrogens is 374 g/mol. The minimum Gasteiger partial charge on any atom is -0.496 e. The number of hydrogen-bond donors (Lipinski definition) is 0. The highest BCUT2D eigenvalue weighted by Gasteiger charge is 2.21. The molecule has 8 heteroatoms. The molecule has 0 spiro atoms. The van der Waals surface area contributed by atoms with Crippen molar-refractivity contribution >= 4 is 34.6 Å². The molecule has 0 N–H and O–H groups in total. The summed E-state index contributed by atoms with van der Waals surface area (Å²) in [5, 5.41) is 4.46. The molecule has 1 atom stereocenters. The highest BCUT2D eigenvalue weighted by molar-refractivity contribution is 7.09. The van der Waals surface area contributed by atoms with Gasteiger partial charge in [-0.25, -0.2) is 0 Å². The van der Waals surface area contributed by atoms with Gasteiger partial charge in [0.2, 0.25) is 0 Å². The molecule has 3 rings (SSSR count). The molecule has 0 fully saturated rings. The second-order valence-corrected chi connectivity index (χ2v) is 7.77. The van der Waals surface area contributed by atoms with Crippen molar-refractivity contribution in [2.45, 2.75) is 39.8 Å². The lowest BCUT2D eigenvalue weighted by atomic mass is 10.2. The second-order valence-electron chi connectivity index (χ2n) is 6.16. The molecule has 0 bridgehead atoms. The van der Waals surface area contributed by atoms with Gasteiger partial charge in [0.05, 0.1) is 24.9 Å². The highest BCUT2D eigenvalue weighted by atomic mass is 35.5. The summed E-state index contributed by atoms with van der Waals surface area (Å²) in [4.78, 5) is 24.2. The molecule has 0 saturated carbocycles. The quantitative estimate of drug-likeness (QED) is 0.794. The number of carbonyl (C=O) groups is 1. The first-order valence-corrected chi connectivity index (χ1v) is 9.37. The van der Waals surface area contributed by atoms with E-state index in [4.69, 9.17) is 21.2 Å². The van der Waals surface area contributed by atoms with Crippen molar-refractivity contribution in [2.75, 3.05) is 7.11 Å². The van der Waals surface area contributed by atoms with Gasteiger partial charge in [-0.1, -0.05) is 16.8 Å². The number of amides is 1. The van der Waals surface area contributed by atoms with Crippen LogP contribution in [-0.4, -0.2) is 29.4 Å². The normalized spacial score (nSPS) is 17.2. The molecule has 2 heterocycles. The Balaban J connectivity index is 1.97. The Morgan fingerprint density at radius 1 is 1.46 bits per heavy atom. The zero-order chi connectivity index (χ0) is 18.8. The number of nitrogens with zero attached hydrogens (tertiary/aromatic N) is 3. The third-order valence-electron chi connectivity index (χ3n) is 4.25. The Hall–Kier alpha value is -2.12. The average molecular weight is 394 g/mol. The lowest BCUT2D eigenvalue weighted by Crippen LogP contribution is -2.25. The summed E-state index contributed by atoms with van der Waals surface area (Å²) in [6.45, 7) is 6.56. The Bertz CT molecular complexity index is 946. The van der Waals surface area contributed by atoms with Crippen molar-refractivity contribution in [3.63, 3.8) is 0 Å². The molecule has 2 aromatic rings. The maximum atomic E-state index is 12.7. The number of carbonyl (C=O) groups excluding carboxylic acids is 1. The van der Waals surface area contributed by atoms with Crippen molar-refractivity contribution in [3.8, 4) is 5.75 Å². The number of thiazole rings is 1. The van der Waals surface area contributed by atoms with Crippen LogP contribution in [0.3, 0.4) is 0 Å². The van der Waals surface area contributed by atoms with Crippen LogP contribution in [0.4, 0.5) is 0 Å². The lowest BCUT2D eigenvalue weighted by molar-refractivity contribution is 0.0713. The van der Waals surface area contributed by atoms with Gasteiger partial charge in [-0.05, 0) is 39.0 Å². The average Bonchev–Trinajstić information content (AvgIpc) is 3.13. The molecule has 26 heavy (non-hydrogen) atoms. The van der Waals surface area contributed by atoms with Gasteiger partial charge in [-0.15, -0.1) is 11.3 Å². The van der Waals surface area contributed by atoms with Crippen LogP contribution < -0.4 is 9.54 Å². The van der Waals surface area contributed by atoms with E-state index in [1.807, 2.05) is 25.3 Å². The first-order valence-electron chi connectivity index (χ1n) is 8.17. The minimum atomic E-state index is -0.390. The largest absolute Gasteiger partial charge is 0.496 e. The zero-order valence-electron chi connectivity index (χ0n) is 15.1. The fraction of sp³-hybridized carbons (Fsp3) is 0.389. The topological polar surface area (TPSA) is 65.2 Å². The monoisotopic (exact) mass is 393 g/mol. The first-order chi connectivity index (χ1) is 12.4. The lowest BCUT2D eigenvalue weighted by Gasteiger charge is -2.11. The number of halogens is 1. The summed E-state index contributed by atoms with van der Waals surface area (Å²) in [5.74, 6) is 0.0574. The number of methoxy groups -OCH3 is 1. The van der Waals surface area contributed by atoms with E-state index in [-0.39, 0.29) is 12.0 Å². The summed E-state index contributed by atoms with van der Waals surface area (Å²) in [6, 6.07) is 4.91. The van der Waals surface area contributed by atoms with E-state index in [1.165, 1.54) is 18.4 Å². The molecule has 1 aliphatic rings. The van der Waals surface area contributed by atoms with Gasteiger partial charge in [-0.2, -0.15) is 4.99 Å². The van der Waals surface area contributed by atoms with E-state index in [0.29, 0.717) is 27.7 Å². The Labute approximate surface area is 160 Å². The second kappa shape index (κ2) is 7.63. The molecule has 138 valence electrons. The molecule has 0 radical (unpaired) electrons. The van der Waals surface area contributed by atoms with E-state index in [1.54, 1.807) is 18.2 Å². The Morgan fingerprint density at radius 3 is 2.88 bits per heavy atom. The Kier molecular flexibility index (Phi) is 5.48. The third-order valence-corrected chi connectivity index (χ3v) is 5.58. The number of hydrogen-bond acceptors (Lipinski definition) is 5. The standard InChI is InChI=1S/C18H20ClN3O3S/c1-10-7-14(25-21-10)9-22-11(2)12(3)26-18(22)20-17(23)15-8-13(19)5-6-16(15)24-4/h5-6,8,14H,7,9H2,1-4H3. The van der Waals surface area contributed by atoms with E-state index >= 15 is 0 Å². The van der Waals surface area contributed by atoms with Gasteiger partial charge < -0.3 is 14.1 Å². The van der Waals surface area contributed by atoms with Crippen LogP contribution in [0, 0.1) is 13.8 Å². The number of rotatable bonds is 4. The van der Waals surface area contributed by atoms with Gasteiger partial charge in [0.15, 0.2) is 10.9 Å². The third kappa shape index (κ3) is 3.83. The molecule has 1 amide bonds. The van der Waals surface area contributed by atoms with Gasteiger partial charge in [0.1, 0.15) is 5.75 Å². The molecule has 1 aromatic carbocycles. The summed E-state index contributed by atoms with van der Waals surface area (Å²) in [6.07, 6.45) is 0.731. The fourth-order valence-electron chi connectivity index (χ4n) is 2.76. The van der Waals surface area contributed by atoms with Gasteiger partial charge in [-0.3, -0.25) is 4.79 Å². The number of ether oxygens (including phenoxy) is 1. The number of aryl methyl sites for hydroxylation is 1. The maximum absolute atomic E-state index is 12.7. The molecule has 1 aliphatic heterocycles. The molecule has 0 aliphatic carbocycles. The van der Waals surface area contributed by atoms with Crippen LogP contribution in [0.2, 0.25) is 5.02 Å². The molecule has 0 saturated heterocycles. The summed E-state index contributed by atoms with van der Waals surface area (Å²) in [5.41, 5.74) is 2.37. The molecular formula is C18H20ClN3O3S. The van der Waals surface area contributed by atoms with Crippen molar-refractivity contribution in [3.05, 3.63) is 44.2 Å². The van der Waals surface area contributed by atoms with Gasteiger partial charge in [0, 0.05) is 22.0 Å². The van der Waals surface area contributed by atoms with Crippen molar-refractivity contribution in [2.24, 2.45) is 10.1 Å². The van der Waals surface area contributed by atoms with E-state index in [9.17, 15) is 4.79 Å². The number of benzene rings is 1. The number of oxime groups is 1. The van der Waals surface area contributed by atoms with Gasteiger partial charge in [0.25, 0.3) is 5.91 Å². The predicted octanol–water partition coefficient (Wildman–Crippen LogP) is 3.73. The molecule has 6 nitrogen and oxygen atoms in total. The summed E-state index contributed by atoms with van der Waals surface area (Å²) < 4.78 is 7.27. The fourth-order valence-corrected chi connectivity index (χ4v) is 3.92. The van der Waals surface area contributed by atoms with E-state index < -0.39 is 0 Å². The van der Waals surface area contributed by atoms with Crippen LogP contribution in [0.25, 0.3) is 0 Å². The predicted molar refractivity (Wildman–Crippen MR) is 102 cm³/mol. The van der Waals surface area contributed by atoms with Crippen molar-refractivity contribution in [1.29, 1.82) is 0 Å². The van der Waals surface area contributed by atoms with E-state index in [2.05, 4.69) is 10.1 Å². The van der Waals surface area contributed by atoms with Crippen LogP contribution >= 0.6 is 22.9 Å². The summed E-state index contributed by atoms with van der Waals surface area (Å²) >= 11 is 7.50. The first kappa shape index (κ1) is 18.7. The van der Waals surface area contributed by atoms with Gasteiger partial charge >= 0.3 is 0 Å². The minimum absolute atomic E-state index is 0.0440. The SMILES string of the molecule is COc1ccc(Cl)cc1C(=O)N=c1sc(C)c(C)n1CC1CC(C)=NO1. The molecule has 1 aromatic heterocycles. The summed E-state index contributed by atoms with van der Waals surface area (Å²) in [7, 11) is 1.51. The zero-order valence-corrected chi connectivity index (χ0v) is 16.6. The van der Waals surface area contributed by atoms with Crippen molar-refractivity contribution in [1.82, 2.24) is 4.57 Å². The van der Waals surface area contributed by atoms with Crippen LogP contribution in [0.1, 0.15) is 34.3 Å². The Morgan fingerprint density at radius 2 is 2.23 bits per heavy atom. The number of aromatic nitrogens is 1. The van der Waals surface area contributed by atoms with E-state index in [0.717, 1.165) is 22.7 Å². The van der Waals surface area contributed by atoms with Crippen LogP contribution in [0.15, 0.2) is 28.3 Å². The van der Waals surface area contributed by atoms with Crippen LogP contribution in [-0.2, 0) is 11.4 Å². The van der Waals surface area contributed by atoms with Crippen LogP contribution in [0.5, 0.6) is 5.75 Å². The molecule has 1 unspecified atom stereocenters. The highest BCUT2D eigenvalue weighted by Crippen LogP contribution is 2.23. The maximum Gasteiger partial charge on any atom is 0.283 e.